The Kier molecular flexibility index (Phi) is 6.38. The number of aryl methyl sites for hydroxylation is 3. The van der Waals surface area contributed by atoms with Crippen LogP contribution in [-0.2, 0) is 11.8 Å². The highest BCUT2D eigenvalue weighted by Gasteiger charge is 2.16. The second-order valence-corrected chi connectivity index (χ2v) is 9.29. The third-order valence-electron chi connectivity index (χ3n) is 4.97. The smallest absolute Gasteiger partial charge is 0.236 e. The largest absolute Gasteiger partial charge is 0.305 e. The van der Waals surface area contributed by atoms with E-state index >= 15 is 0 Å². The summed E-state index contributed by atoms with van der Waals surface area (Å²) in [5.74, 6) is -0.000168. The maximum absolute atomic E-state index is 14.1. The molecule has 9 heteroatoms. The standard InChI is InChI=1S/C23H22FN5OS2/c1-13-9-14(2)20(15(3)10-13)18-11-31-22(25-18)26-19(30)12-32-23-28-27-21(29(23)4)16-7-5-6-8-17(16)24/h5-11H,12H2,1-4H3,(H,25,26,30). The molecular formula is C23H22FN5OS2. The summed E-state index contributed by atoms with van der Waals surface area (Å²) < 4.78 is 15.7. The van der Waals surface area contributed by atoms with Gasteiger partial charge < -0.3 is 9.88 Å². The molecule has 0 aliphatic heterocycles. The van der Waals surface area contributed by atoms with E-state index < -0.39 is 0 Å². The third-order valence-corrected chi connectivity index (χ3v) is 6.74. The van der Waals surface area contributed by atoms with E-state index in [1.54, 1.807) is 29.8 Å². The Bertz CT molecular complexity index is 1270. The monoisotopic (exact) mass is 467 g/mol. The zero-order chi connectivity index (χ0) is 22.8. The highest BCUT2D eigenvalue weighted by Crippen LogP contribution is 2.31. The Morgan fingerprint density at radius 3 is 2.59 bits per heavy atom. The highest BCUT2D eigenvalue weighted by atomic mass is 32.2. The number of hydrogen-bond donors (Lipinski definition) is 1. The third kappa shape index (κ3) is 4.58. The number of amides is 1. The Morgan fingerprint density at radius 1 is 1.16 bits per heavy atom. The first kappa shape index (κ1) is 22.2. The molecule has 164 valence electrons. The molecular weight excluding hydrogens is 445 g/mol. The summed E-state index contributed by atoms with van der Waals surface area (Å²) in [6.45, 7) is 6.21. The van der Waals surface area contributed by atoms with E-state index in [1.807, 2.05) is 5.38 Å². The van der Waals surface area contributed by atoms with Crippen molar-refractivity contribution in [2.75, 3.05) is 11.1 Å². The van der Waals surface area contributed by atoms with Crippen LogP contribution in [0, 0.1) is 26.6 Å². The number of rotatable bonds is 6. The number of nitrogens with zero attached hydrogens (tertiary/aromatic N) is 4. The molecule has 0 bridgehead atoms. The van der Waals surface area contributed by atoms with Gasteiger partial charge in [0.05, 0.1) is 17.0 Å². The fourth-order valence-corrected chi connectivity index (χ4v) is 5.06. The van der Waals surface area contributed by atoms with Crippen molar-refractivity contribution >= 4 is 34.1 Å². The molecule has 0 unspecified atom stereocenters. The van der Waals surface area contributed by atoms with Crippen molar-refractivity contribution in [2.45, 2.75) is 25.9 Å². The van der Waals surface area contributed by atoms with Crippen LogP contribution >= 0.6 is 23.1 Å². The molecule has 0 saturated carbocycles. The minimum Gasteiger partial charge on any atom is -0.305 e. The van der Waals surface area contributed by atoms with Crippen LogP contribution in [0.5, 0.6) is 0 Å². The van der Waals surface area contributed by atoms with Gasteiger partial charge in [-0.1, -0.05) is 41.6 Å². The number of thiazole rings is 1. The Balaban J connectivity index is 1.41. The lowest BCUT2D eigenvalue weighted by atomic mass is 9.98. The van der Waals surface area contributed by atoms with Crippen LogP contribution in [0.4, 0.5) is 9.52 Å². The summed E-state index contributed by atoms with van der Waals surface area (Å²) in [4.78, 5) is 17.1. The molecule has 6 nitrogen and oxygen atoms in total. The molecule has 1 amide bonds. The summed E-state index contributed by atoms with van der Waals surface area (Å²) >= 11 is 2.63. The van der Waals surface area contributed by atoms with Crippen molar-refractivity contribution in [3.63, 3.8) is 0 Å². The predicted octanol–water partition coefficient (Wildman–Crippen LogP) is 5.40. The first-order chi connectivity index (χ1) is 15.3. The lowest BCUT2D eigenvalue weighted by Crippen LogP contribution is -2.14. The van der Waals surface area contributed by atoms with Gasteiger partial charge in [0.15, 0.2) is 16.1 Å². The van der Waals surface area contributed by atoms with Crippen molar-refractivity contribution in [3.05, 3.63) is 64.3 Å². The van der Waals surface area contributed by atoms with Gasteiger partial charge in [0, 0.05) is 18.0 Å². The summed E-state index contributed by atoms with van der Waals surface area (Å²) in [5.41, 5.74) is 5.86. The number of carbonyl (C=O) groups excluding carboxylic acids is 1. The minimum absolute atomic E-state index is 0.140. The van der Waals surface area contributed by atoms with Gasteiger partial charge in [0.25, 0.3) is 0 Å². The maximum atomic E-state index is 14.1. The van der Waals surface area contributed by atoms with Crippen LogP contribution in [0.2, 0.25) is 0 Å². The molecule has 2 aromatic carbocycles. The summed E-state index contributed by atoms with van der Waals surface area (Å²) in [5, 5.41) is 14.1. The molecule has 0 aliphatic carbocycles. The number of halogens is 1. The van der Waals surface area contributed by atoms with E-state index in [9.17, 15) is 9.18 Å². The molecule has 4 rings (SSSR count). The van der Waals surface area contributed by atoms with Crippen LogP contribution < -0.4 is 5.32 Å². The summed E-state index contributed by atoms with van der Waals surface area (Å²) in [6.07, 6.45) is 0. The van der Waals surface area contributed by atoms with Crippen LogP contribution in [0.25, 0.3) is 22.6 Å². The van der Waals surface area contributed by atoms with Gasteiger partial charge in [0.2, 0.25) is 5.91 Å². The Hall–Kier alpha value is -3.04. The molecule has 32 heavy (non-hydrogen) atoms. The molecule has 2 heterocycles. The number of aromatic nitrogens is 4. The van der Waals surface area contributed by atoms with Crippen molar-refractivity contribution in [1.29, 1.82) is 0 Å². The Labute approximate surface area is 193 Å². The fourth-order valence-electron chi connectivity index (χ4n) is 3.63. The summed E-state index contributed by atoms with van der Waals surface area (Å²) in [6, 6.07) is 10.7. The van der Waals surface area contributed by atoms with E-state index in [4.69, 9.17) is 0 Å². The maximum Gasteiger partial charge on any atom is 0.236 e. The zero-order valence-electron chi connectivity index (χ0n) is 18.1. The molecule has 1 N–H and O–H groups in total. The SMILES string of the molecule is Cc1cc(C)c(-c2csc(NC(=O)CSc3nnc(-c4ccccc4F)n3C)n2)c(C)c1. The average molecular weight is 468 g/mol. The molecule has 0 aliphatic rings. The second kappa shape index (κ2) is 9.22. The number of thioether (sulfide) groups is 1. The van der Waals surface area contributed by atoms with Gasteiger partial charge in [-0.05, 0) is 44.0 Å². The van der Waals surface area contributed by atoms with E-state index in [0.717, 1.165) is 22.4 Å². The average Bonchev–Trinajstić information content (AvgIpc) is 3.33. The van der Waals surface area contributed by atoms with Gasteiger partial charge in [-0.2, -0.15) is 0 Å². The quantitative estimate of drug-likeness (QED) is 0.384. The van der Waals surface area contributed by atoms with Gasteiger partial charge in [-0.25, -0.2) is 9.37 Å². The van der Waals surface area contributed by atoms with Crippen molar-refractivity contribution < 1.29 is 9.18 Å². The Morgan fingerprint density at radius 2 is 1.88 bits per heavy atom. The van der Waals surface area contributed by atoms with Gasteiger partial charge in [-0.3, -0.25) is 4.79 Å². The first-order valence-electron chi connectivity index (χ1n) is 9.94. The lowest BCUT2D eigenvalue weighted by Gasteiger charge is -2.08. The predicted molar refractivity (Wildman–Crippen MR) is 128 cm³/mol. The first-order valence-corrected chi connectivity index (χ1v) is 11.8. The number of carbonyl (C=O) groups is 1. The van der Waals surface area contributed by atoms with Gasteiger partial charge >= 0.3 is 0 Å². The van der Waals surface area contributed by atoms with Crippen LogP contribution in [0.3, 0.4) is 0 Å². The lowest BCUT2D eigenvalue weighted by molar-refractivity contribution is -0.113. The fraction of sp³-hybridized carbons (Fsp3) is 0.217. The molecule has 0 atom stereocenters. The number of nitrogens with one attached hydrogen (secondary N) is 1. The summed E-state index contributed by atoms with van der Waals surface area (Å²) in [7, 11) is 1.75. The topological polar surface area (TPSA) is 72.7 Å². The molecule has 4 aromatic rings. The van der Waals surface area contributed by atoms with Crippen molar-refractivity contribution in [2.24, 2.45) is 7.05 Å². The normalized spacial score (nSPS) is 11.0. The molecule has 0 fully saturated rings. The van der Waals surface area contributed by atoms with Crippen molar-refractivity contribution in [3.8, 4) is 22.6 Å². The van der Waals surface area contributed by atoms with E-state index in [0.29, 0.717) is 21.7 Å². The molecule has 0 spiro atoms. The zero-order valence-corrected chi connectivity index (χ0v) is 19.8. The highest BCUT2D eigenvalue weighted by molar-refractivity contribution is 7.99. The number of hydrogen-bond acceptors (Lipinski definition) is 6. The van der Waals surface area contributed by atoms with Gasteiger partial charge in [-0.15, -0.1) is 21.5 Å². The van der Waals surface area contributed by atoms with E-state index in [1.165, 1.54) is 34.7 Å². The van der Waals surface area contributed by atoms with Crippen LogP contribution in [0.1, 0.15) is 16.7 Å². The number of anilines is 1. The molecule has 0 saturated heterocycles. The van der Waals surface area contributed by atoms with Crippen LogP contribution in [-0.4, -0.2) is 31.4 Å². The van der Waals surface area contributed by atoms with Gasteiger partial charge in [0.1, 0.15) is 5.82 Å². The van der Waals surface area contributed by atoms with E-state index in [-0.39, 0.29) is 17.5 Å². The minimum atomic E-state index is -0.365. The van der Waals surface area contributed by atoms with E-state index in [2.05, 4.69) is 53.4 Å². The second-order valence-electron chi connectivity index (χ2n) is 7.49. The number of benzene rings is 2. The van der Waals surface area contributed by atoms with Crippen LogP contribution in [0.15, 0.2) is 46.9 Å². The molecule has 2 aromatic heterocycles. The molecule has 0 radical (unpaired) electrons. The van der Waals surface area contributed by atoms with Crippen molar-refractivity contribution in [1.82, 2.24) is 19.7 Å².